The average molecular weight is 282 g/mol. The highest BCUT2D eigenvalue weighted by Gasteiger charge is 2.45. The predicted octanol–water partition coefficient (Wildman–Crippen LogP) is 2.94. The summed E-state index contributed by atoms with van der Waals surface area (Å²) < 4.78 is 0. The molecule has 104 valence electrons. The van der Waals surface area contributed by atoms with Gasteiger partial charge in [0, 0.05) is 19.8 Å². The van der Waals surface area contributed by atoms with Gasteiger partial charge in [-0.05, 0) is 30.2 Å². The minimum absolute atomic E-state index is 0.129. The second-order valence-electron chi connectivity index (χ2n) is 5.50. The number of pyridine rings is 1. The number of hydrogen-bond donors (Lipinski definition) is 2. The maximum Gasteiger partial charge on any atom is 0.253 e. The second-order valence-corrected chi connectivity index (χ2v) is 5.91. The van der Waals surface area contributed by atoms with E-state index in [9.17, 15) is 4.79 Å². The summed E-state index contributed by atoms with van der Waals surface area (Å²) in [6.45, 7) is 5.13. The van der Waals surface area contributed by atoms with Crippen molar-refractivity contribution in [3.63, 3.8) is 0 Å². The van der Waals surface area contributed by atoms with E-state index in [0.717, 1.165) is 6.54 Å². The Hall–Kier alpha value is -1.29. The fraction of sp³-hybridized carbons (Fsp3) is 0.571. The topological polar surface area (TPSA) is 54.0 Å². The summed E-state index contributed by atoms with van der Waals surface area (Å²) in [5.74, 6) is 1.10. The fourth-order valence-electron chi connectivity index (χ4n) is 2.22. The number of anilines is 1. The summed E-state index contributed by atoms with van der Waals surface area (Å²) in [5, 5.41) is 6.28. The number of nitrogens with zero attached hydrogens (tertiary/aromatic N) is 1. The molecule has 2 N–H and O–H groups in total. The highest BCUT2D eigenvalue weighted by atomic mass is 35.5. The number of hydrogen-bond acceptors (Lipinski definition) is 3. The van der Waals surface area contributed by atoms with Crippen LogP contribution in [0.4, 0.5) is 5.82 Å². The van der Waals surface area contributed by atoms with E-state index >= 15 is 0 Å². The van der Waals surface area contributed by atoms with Gasteiger partial charge in [-0.3, -0.25) is 4.79 Å². The van der Waals surface area contributed by atoms with Crippen molar-refractivity contribution < 1.29 is 4.79 Å². The van der Waals surface area contributed by atoms with E-state index < -0.39 is 0 Å². The molecule has 0 unspecified atom stereocenters. The van der Waals surface area contributed by atoms with Crippen molar-refractivity contribution in [1.29, 1.82) is 0 Å². The zero-order valence-electron chi connectivity index (χ0n) is 11.6. The minimum Gasteiger partial charge on any atom is -0.373 e. The monoisotopic (exact) mass is 281 g/mol. The molecular formula is C14H20ClN3O. The molecule has 0 saturated heterocycles. The van der Waals surface area contributed by atoms with Gasteiger partial charge in [0.25, 0.3) is 5.91 Å². The largest absolute Gasteiger partial charge is 0.373 e. The van der Waals surface area contributed by atoms with Gasteiger partial charge in [0.2, 0.25) is 0 Å². The maximum atomic E-state index is 12.2. The van der Waals surface area contributed by atoms with E-state index in [1.165, 1.54) is 19.0 Å². The molecule has 0 aliphatic heterocycles. The van der Waals surface area contributed by atoms with Crippen LogP contribution in [0.5, 0.6) is 0 Å². The van der Waals surface area contributed by atoms with E-state index in [2.05, 4.69) is 29.5 Å². The molecule has 1 fully saturated rings. The Morgan fingerprint density at radius 2 is 2.21 bits per heavy atom. The van der Waals surface area contributed by atoms with Crippen LogP contribution in [0.3, 0.4) is 0 Å². The molecule has 1 amide bonds. The van der Waals surface area contributed by atoms with Crippen molar-refractivity contribution >= 4 is 23.3 Å². The van der Waals surface area contributed by atoms with Crippen molar-refractivity contribution in [3.05, 3.63) is 22.8 Å². The summed E-state index contributed by atoms with van der Waals surface area (Å²) in [5.41, 5.74) is 0.765. The Morgan fingerprint density at radius 3 is 2.74 bits per heavy atom. The summed E-state index contributed by atoms with van der Waals surface area (Å²) >= 11 is 6.03. The Labute approximate surface area is 118 Å². The van der Waals surface area contributed by atoms with Crippen molar-refractivity contribution in [1.82, 2.24) is 10.3 Å². The van der Waals surface area contributed by atoms with E-state index in [4.69, 9.17) is 11.6 Å². The minimum atomic E-state index is -0.129. The SMILES string of the molecule is CNc1cc(C(=O)NCC2(C(C)C)CC2)c(Cl)cn1. The van der Waals surface area contributed by atoms with Crippen LogP contribution in [0.15, 0.2) is 12.3 Å². The van der Waals surface area contributed by atoms with Crippen molar-refractivity contribution in [2.45, 2.75) is 26.7 Å². The Bertz CT molecular complexity index is 484. The van der Waals surface area contributed by atoms with Crippen LogP contribution in [0.2, 0.25) is 5.02 Å². The molecular weight excluding hydrogens is 262 g/mol. The zero-order valence-corrected chi connectivity index (χ0v) is 12.3. The van der Waals surface area contributed by atoms with Crippen molar-refractivity contribution in [2.24, 2.45) is 11.3 Å². The van der Waals surface area contributed by atoms with Crippen LogP contribution >= 0.6 is 11.6 Å². The lowest BCUT2D eigenvalue weighted by atomic mass is 9.92. The molecule has 2 rings (SSSR count). The highest BCUT2D eigenvalue weighted by molar-refractivity contribution is 6.33. The van der Waals surface area contributed by atoms with Gasteiger partial charge in [-0.15, -0.1) is 0 Å². The molecule has 1 aromatic heterocycles. The molecule has 0 aromatic carbocycles. The number of carbonyl (C=O) groups excluding carboxylic acids is 1. The standard InChI is InChI=1S/C14H20ClN3O/c1-9(2)14(4-5-14)8-18-13(19)10-6-12(16-3)17-7-11(10)15/h6-7,9H,4-5,8H2,1-3H3,(H,16,17)(H,18,19). The molecule has 4 nitrogen and oxygen atoms in total. The molecule has 0 spiro atoms. The lowest BCUT2D eigenvalue weighted by molar-refractivity contribution is 0.0940. The third kappa shape index (κ3) is 3.00. The lowest BCUT2D eigenvalue weighted by Crippen LogP contribution is -2.32. The number of amides is 1. The molecule has 1 aliphatic rings. The molecule has 5 heteroatoms. The van der Waals surface area contributed by atoms with Crippen LogP contribution in [0, 0.1) is 11.3 Å². The molecule has 1 aromatic rings. The first-order valence-corrected chi connectivity index (χ1v) is 6.98. The van der Waals surface area contributed by atoms with E-state index in [1.54, 1.807) is 13.1 Å². The van der Waals surface area contributed by atoms with E-state index in [-0.39, 0.29) is 5.91 Å². The third-order valence-corrected chi connectivity index (χ3v) is 4.38. The average Bonchev–Trinajstić information content (AvgIpc) is 3.18. The summed E-state index contributed by atoms with van der Waals surface area (Å²) in [4.78, 5) is 16.2. The predicted molar refractivity (Wildman–Crippen MR) is 77.6 cm³/mol. The first-order valence-electron chi connectivity index (χ1n) is 6.60. The van der Waals surface area contributed by atoms with Gasteiger partial charge in [-0.25, -0.2) is 4.98 Å². The molecule has 1 heterocycles. The van der Waals surface area contributed by atoms with Crippen LogP contribution in [-0.2, 0) is 0 Å². The van der Waals surface area contributed by atoms with Gasteiger partial charge in [0.1, 0.15) is 5.82 Å². The van der Waals surface area contributed by atoms with Gasteiger partial charge in [0.15, 0.2) is 0 Å². The molecule has 1 saturated carbocycles. The quantitative estimate of drug-likeness (QED) is 0.872. The Morgan fingerprint density at radius 1 is 1.53 bits per heavy atom. The number of rotatable bonds is 5. The van der Waals surface area contributed by atoms with Crippen LogP contribution in [0.25, 0.3) is 0 Å². The summed E-state index contributed by atoms with van der Waals surface area (Å²) in [6.07, 6.45) is 3.88. The maximum absolute atomic E-state index is 12.2. The number of nitrogens with one attached hydrogen (secondary N) is 2. The summed E-state index contributed by atoms with van der Waals surface area (Å²) in [7, 11) is 1.76. The first-order chi connectivity index (χ1) is 8.98. The first kappa shape index (κ1) is 14.1. The zero-order chi connectivity index (χ0) is 14.0. The number of aromatic nitrogens is 1. The lowest BCUT2D eigenvalue weighted by Gasteiger charge is -2.20. The van der Waals surface area contributed by atoms with Gasteiger partial charge in [-0.1, -0.05) is 25.4 Å². The highest BCUT2D eigenvalue weighted by Crippen LogP contribution is 2.51. The van der Waals surface area contributed by atoms with Crippen LogP contribution in [-0.4, -0.2) is 24.5 Å². The molecule has 0 radical (unpaired) electrons. The van der Waals surface area contributed by atoms with Gasteiger partial charge in [-0.2, -0.15) is 0 Å². The normalized spacial score (nSPS) is 16.3. The summed E-state index contributed by atoms with van der Waals surface area (Å²) in [6, 6.07) is 1.67. The molecule has 19 heavy (non-hydrogen) atoms. The van der Waals surface area contributed by atoms with Crippen molar-refractivity contribution in [2.75, 3.05) is 18.9 Å². The smallest absolute Gasteiger partial charge is 0.253 e. The molecule has 0 atom stereocenters. The van der Waals surface area contributed by atoms with E-state index in [1.807, 2.05) is 0 Å². The van der Waals surface area contributed by atoms with Crippen molar-refractivity contribution in [3.8, 4) is 0 Å². The van der Waals surface area contributed by atoms with E-state index in [0.29, 0.717) is 27.7 Å². The Kier molecular flexibility index (Phi) is 3.99. The fourth-order valence-corrected chi connectivity index (χ4v) is 2.41. The van der Waals surface area contributed by atoms with Gasteiger partial charge < -0.3 is 10.6 Å². The number of carbonyl (C=O) groups is 1. The van der Waals surface area contributed by atoms with Gasteiger partial charge in [0.05, 0.1) is 10.6 Å². The Balaban J connectivity index is 2.04. The molecule has 0 bridgehead atoms. The van der Waals surface area contributed by atoms with Gasteiger partial charge >= 0.3 is 0 Å². The molecule has 1 aliphatic carbocycles. The van der Waals surface area contributed by atoms with Crippen LogP contribution < -0.4 is 10.6 Å². The number of halogens is 1. The third-order valence-electron chi connectivity index (χ3n) is 4.07. The second kappa shape index (κ2) is 5.37. The van der Waals surface area contributed by atoms with Crippen LogP contribution in [0.1, 0.15) is 37.0 Å².